The van der Waals surface area contributed by atoms with Crippen molar-refractivity contribution < 1.29 is 19.1 Å². The quantitative estimate of drug-likeness (QED) is 0.709. The molecule has 0 unspecified atom stereocenters. The third kappa shape index (κ3) is 6.38. The summed E-state index contributed by atoms with van der Waals surface area (Å²) < 4.78 is 5.03. The molecule has 1 atom stereocenters. The van der Waals surface area contributed by atoms with Crippen LogP contribution in [0.4, 0.5) is 5.69 Å². The summed E-state index contributed by atoms with van der Waals surface area (Å²) in [5.41, 5.74) is 1.84. The molecule has 0 aliphatic carbocycles. The fraction of sp³-hybridized carbons (Fsp3) is 0.263. The van der Waals surface area contributed by atoms with Crippen LogP contribution in [0.3, 0.4) is 0 Å². The molecule has 0 saturated heterocycles. The Labute approximate surface area is 162 Å². The van der Waals surface area contributed by atoms with Crippen LogP contribution in [0, 0.1) is 0 Å². The zero-order valence-electron chi connectivity index (χ0n) is 15.0. The van der Waals surface area contributed by atoms with E-state index in [1.807, 2.05) is 19.1 Å². The van der Waals surface area contributed by atoms with E-state index in [-0.39, 0.29) is 5.69 Å². The molecule has 0 saturated carbocycles. The van der Waals surface area contributed by atoms with E-state index in [0.29, 0.717) is 10.7 Å². The van der Waals surface area contributed by atoms with Crippen molar-refractivity contribution in [2.24, 2.45) is 0 Å². The summed E-state index contributed by atoms with van der Waals surface area (Å²) in [7, 11) is 0. The number of esters is 1. The number of aryl methyl sites for hydroxylation is 1. The van der Waals surface area contributed by atoms with E-state index in [9.17, 15) is 14.4 Å². The van der Waals surface area contributed by atoms with Gasteiger partial charge in [-0.05, 0) is 43.2 Å². The Kier molecular flexibility index (Phi) is 7.31. The Balaban J connectivity index is 1.80. The highest BCUT2D eigenvalue weighted by Crippen LogP contribution is 2.11. The molecule has 0 radical (unpaired) electrons. The SMILES string of the molecule is CCc1ccc(NC(=O)[C@H](C)OC(=O)CNC(=O)c2cc(Cl)ccn2)cc1. The van der Waals surface area contributed by atoms with E-state index < -0.39 is 30.4 Å². The van der Waals surface area contributed by atoms with Crippen molar-refractivity contribution in [1.82, 2.24) is 10.3 Å². The number of carbonyl (C=O) groups excluding carboxylic acids is 3. The maximum atomic E-state index is 12.1. The average molecular weight is 390 g/mol. The fourth-order valence-corrected chi connectivity index (χ4v) is 2.29. The van der Waals surface area contributed by atoms with E-state index in [0.717, 1.165) is 12.0 Å². The number of halogens is 1. The van der Waals surface area contributed by atoms with Gasteiger partial charge in [0.25, 0.3) is 11.8 Å². The van der Waals surface area contributed by atoms with Crippen LogP contribution in [0.5, 0.6) is 0 Å². The van der Waals surface area contributed by atoms with Gasteiger partial charge in [-0.3, -0.25) is 19.4 Å². The predicted molar refractivity (Wildman–Crippen MR) is 102 cm³/mol. The van der Waals surface area contributed by atoms with E-state index in [1.54, 1.807) is 12.1 Å². The van der Waals surface area contributed by atoms with Crippen LogP contribution in [0.25, 0.3) is 0 Å². The number of anilines is 1. The lowest BCUT2D eigenvalue weighted by Gasteiger charge is -2.14. The number of benzene rings is 1. The summed E-state index contributed by atoms with van der Waals surface area (Å²) in [6.07, 6.45) is 1.28. The number of hydrogen-bond donors (Lipinski definition) is 2. The van der Waals surface area contributed by atoms with Gasteiger partial charge in [0.15, 0.2) is 6.10 Å². The second-order valence-electron chi connectivity index (χ2n) is 5.71. The lowest BCUT2D eigenvalue weighted by Crippen LogP contribution is -2.36. The number of amides is 2. The zero-order valence-corrected chi connectivity index (χ0v) is 15.7. The summed E-state index contributed by atoms with van der Waals surface area (Å²) in [6.45, 7) is 3.10. The standard InChI is InChI=1S/C19H20ClN3O4/c1-3-13-4-6-15(7-5-13)23-18(25)12(2)27-17(24)11-22-19(26)16-10-14(20)8-9-21-16/h4-10,12H,3,11H2,1-2H3,(H,22,26)(H,23,25)/t12-/m0/s1. The van der Waals surface area contributed by atoms with E-state index in [2.05, 4.69) is 15.6 Å². The number of hydrogen-bond acceptors (Lipinski definition) is 5. The number of ether oxygens (including phenoxy) is 1. The van der Waals surface area contributed by atoms with Gasteiger partial charge in [-0.25, -0.2) is 0 Å². The molecule has 1 aromatic carbocycles. The summed E-state index contributed by atoms with van der Waals surface area (Å²) in [5.74, 6) is -1.77. The van der Waals surface area contributed by atoms with Gasteiger partial charge in [-0.2, -0.15) is 0 Å². The van der Waals surface area contributed by atoms with Gasteiger partial charge in [-0.1, -0.05) is 30.7 Å². The minimum absolute atomic E-state index is 0.0802. The monoisotopic (exact) mass is 389 g/mol. The number of rotatable bonds is 7. The highest BCUT2D eigenvalue weighted by Gasteiger charge is 2.19. The maximum absolute atomic E-state index is 12.1. The molecule has 142 valence electrons. The second kappa shape index (κ2) is 9.68. The molecule has 0 aliphatic heterocycles. The van der Waals surface area contributed by atoms with Gasteiger partial charge in [0, 0.05) is 16.9 Å². The van der Waals surface area contributed by atoms with Crippen LogP contribution in [0.1, 0.15) is 29.9 Å². The summed E-state index contributed by atoms with van der Waals surface area (Å²) >= 11 is 5.78. The molecular weight excluding hydrogens is 370 g/mol. The molecule has 27 heavy (non-hydrogen) atoms. The molecule has 1 heterocycles. The normalized spacial score (nSPS) is 11.4. The van der Waals surface area contributed by atoms with E-state index in [4.69, 9.17) is 16.3 Å². The van der Waals surface area contributed by atoms with Crippen molar-refractivity contribution >= 4 is 35.1 Å². The molecule has 2 amide bonds. The van der Waals surface area contributed by atoms with Gasteiger partial charge in [0.1, 0.15) is 12.2 Å². The van der Waals surface area contributed by atoms with Gasteiger partial charge in [-0.15, -0.1) is 0 Å². The molecule has 2 N–H and O–H groups in total. The molecule has 7 nitrogen and oxygen atoms in total. The van der Waals surface area contributed by atoms with Gasteiger partial charge in [0.2, 0.25) is 0 Å². The molecule has 8 heteroatoms. The Morgan fingerprint density at radius 3 is 2.52 bits per heavy atom. The lowest BCUT2D eigenvalue weighted by molar-refractivity contribution is -0.152. The van der Waals surface area contributed by atoms with Gasteiger partial charge in [0.05, 0.1) is 0 Å². The third-order valence-electron chi connectivity index (χ3n) is 3.66. The fourth-order valence-electron chi connectivity index (χ4n) is 2.13. The highest BCUT2D eigenvalue weighted by atomic mass is 35.5. The van der Waals surface area contributed by atoms with Crippen molar-refractivity contribution in [2.75, 3.05) is 11.9 Å². The Bertz CT molecular complexity index is 824. The molecular formula is C19H20ClN3O4. The molecule has 1 aromatic heterocycles. The van der Waals surface area contributed by atoms with Crippen molar-refractivity contribution in [3.8, 4) is 0 Å². The van der Waals surface area contributed by atoms with Crippen LogP contribution in [0.15, 0.2) is 42.6 Å². The zero-order chi connectivity index (χ0) is 19.8. The first-order valence-corrected chi connectivity index (χ1v) is 8.76. The Morgan fingerprint density at radius 2 is 1.89 bits per heavy atom. The second-order valence-corrected chi connectivity index (χ2v) is 6.15. The first-order chi connectivity index (χ1) is 12.9. The summed E-state index contributed by atoms with van der Waals surface area (Å²) in [5, 5.41) is 5.39. The largest absolute Gasteiger partial charge is 0.451 e. The van der Waals surface area contributed by atoms with Crippen LogP contribution >= 0.6 is 11.6 Å². The number of pyridine rings is 1. The first-order valence-electron chi connectivity index (χ1n) is 8.38. The summed E-state index contributed by atoms with van der Waals surface area (Å²) in [6, 6.07) is 10.3. The first kappa shape index (κ1) is 20.4. The number of carbonyl (C=O) groups is 3. The molecule has 0 bridgehead atoms. The minimum Gasteiger partial charge on any atom is -0.451 e. The van der Waals surface area contributed by atoms with Crippen LogP contribution in [-0.2, 0) is 20.7 Å². The van der Waals surface area contributed by atoms with E-state index in [1.165, 1.54) is 25.3 Å². The predicted octanol–water partition coefficient (Wildman–Crippen LogP) is 2.60. The Hall–Kier alpha value is -2.93. The van der Waals surface area contributed by atoms with Crippen molar-refractivity contribution in [3.63, 3.8) is 0 Å². The highest BCUT2D eigenvalue weighted by molar-refractivity contribution is 6.30. The molecule has 0 aliphatic rings. The van der Waals surface area contributed by atoms with Crippen LogP contribution < -0.4 is 10.6 Å². The number of aromatic nitrogens is 1. The third-order valence-corrected chi connectivity index (χ3v) is 3.89. The van der Waals surface area contributed by atoms with Crippen molar-refractivity contribution in [2.45, 2.75) is 26.4 Å². The summed E-state index contributed by atoms with van der Waals surface area (Å²) in [4.78, 5) is 39.7. The molecule has 0 fully saturated rings. The van der Waals surface area contributed by atoms with Crippen molar-refractivity contribution in [3.05, 3.63) is 58.9 Å². The number of nitrogens with one attached hydrogen (secondary N) is 2. The van der Waals surface area contributed by atoms with Crippen molar-refractivity contribution in [1.29, 1.82) is 0 Å². The molecule has 0 spiro atoms. The number of nitrogens with zero attached hydrogens (tertiary/aromatic N) is 1. The van der Waals surface area contributed by atoms with E-state index >= 15 is 0 Å². The topological polar surface area (TPSA) is 97.4 Å². The maximum Gasteiger partial charge on any atom is 0.326 e. The lowest BCUT2D eigenvalue weighted by atomic mass is 10.1. The van der Waals surface area contributed by atoms with Crippen LogP contribution in [-0.4, -0.2) is 35.4 Å². The molecule has 2 rings (SSSR count). The van der Waals surface area contributed by atoms with Gasteiger partial charge < -0.3 is 15.4 Å². The van der Waals surface area contributed by atoms with Crippen LogP contribution in [0.2, 0.25) is 5.02 Å². The van der Waals surface area contributed by atoms with Gasteiger partial charge >= 0.3 is 5.97 Å². The average Bonchev–Trinajstić information content (AvgIpc) is 2.66. The minimum atomic E-state index is -1.01. The molecule has 2 aromatic rings. The smallest absolute Gasteiger partial charge is 0.326 e. The Morgan fingerprint density at radius 1 is 1.19 bits per heavy atom.